The maximum Gasteiger partial charge on any atom is 0.238 e. The van der Waals surface area contributed by atoms with Crippen molar-refractivity contribution in [2.45, 2.75) is 25.7 Å². The maximum absolute atomic E-state index is 11.7. The first-order chi connectivity index (χ1) is 11.1. The molecule has 0 saturated carbocycles. The first-order valence-electron chi connectivity index (χ1n) is 7.50. The second kappa shape index (κ2) is 8.96. The molecule has 0 unspecified atom stereocenters. The minimum Gasteiger partial charge on any atom is -0.273 e. The molecule has 2 aromatic rings. The van der Waals surface area contributed by atoms with Gasteiger partial charge in [0.1, 0.15) is 0 Å². The zero-order valence-electron chi connectivity index (χ0n) is 12.7. The van der Waals surface area contributed by atoms with Gasteiger partial charge in [-0.3, -0.25) is 20.4 Å². The monoisotopic (exact) mass is 330 g/mol. The number of nitrogens with one attached hydrogen (secondary N) is 2. The number of halogens is 1. The van der Waals surface area contributed by atoms with E-state index < -0.39 is 0 Å². The average molecular weight is 331 g/mol. The highest BCUT2D eigenvalue weighted by Crippen LogP contribution is 2.16. The van der Waals surface area contributed by atoms with Crippen molar-refractivity contribution in [3.05, 3.63) is 70.7 Å². The molecule has 4 nitrogen and oxygen atoms in total. The molecule has 0 spiro atoms. The van der Waals surface area contributed by atoms with E-state index in [1.54, 1.807) is 6.07 Å². The van der Waals surface area contributed by atoms with Gasteiger partial charge in [0.05, 0.1) is 0 Å². The summed E-state index contributed by atoms with van der Waals surface area (Å²) in [6.07, 6.45) is 1.77. The number of aryl methyl sites for hydroxylation is 2. The third-order valence-electron chi connectivity index (χ3n) is 3.40. The van der Waals surface area contributed by atoms with Gasteiger partial charge in [-0.25, -0.2) is 0 Å². The van der Waals surface area contributed by atoms with Crippen LogP contribution in [0.25, 0.3) is 0 Å². The van der Waals surface area contributed by atoms with E-state index in [0.29, 0.717) is 24.3 Å². The van der Waals surface area contributed by atoms with Crippen LogP contribution in [-0.2, 0) is 22.4 Å². The van der Waals surface area contributed by atoms with E-state index in [2.05, 4.69) is 10.9 Å². The number of benzene rings is 2. The Bertz CT molecular complexity index is 659. The molecule has 0 atom stereocenters. The van der Waals surface area contributed by atoms with Gasteiger partial charge < -0.3 is 0 Å². The van der Waals surface area contributed by atoms with E-state index in [0.717, 1.165) is 11.1 Å². The number of hydrogen-bond donors (Lipinski definition) is 2. The lowest BCUT2D eigenvalue weighted by molar-refractivity contribution is -0.128. The third-order valence-corrected chi connectivity index (χ3v) is 3.77. The normalized spacial score (nSPS) is 10.1. The molecule has 0 aliphatic rings. The first kappa shape index (κ1) is 17.0. The highest BCUT2D eigenvalue weighted by Gasteiger charge is 2.07. The van der Waals surface area contributed by atoms with Gasteiger partial charge in [-0.05, 0) is 30.0 Å². The number of carbonyl (C=O) groups excluding carboxylic acids is 2. The molecular weight excluding hydrogens is 312 g/mol. The lowest BCUT2D eigenvalue weighted by Gasteiger charge is -2.08. The molecule has 2 aromatic carbocycles. The van der Waals surface area contributed by atoms with E-state index in [9.17, 15) is 9.59 Å². The summed E-state index contributed by atoms with van der Waals surface area (Å²) in [5.41, 5.74) is 6.87. The molecule has 0 aromatic heterocycles. The highest BCUT2D eigenvalue weighted by atomic mass is 35.5. The molecule has 0 heterocycles. The number of rotatable bonds is 6. The van der Waals surface area contributed by atoms with Crippen LogP contribution in [-0.4, -0.2) is 11.8 Å². The van der Waals surface area contributed by atoms with Crippen LogP contribution in [0, 0.1) is 0 Å². The molecule has 5 heteroatoms. The fraction of sp³-hybridized carbons (Fsp3) is 0.222. The number of hydrogen-bond acceptors (Lipinski definition) is 2. The zero-order valence-corrected chi connectivity index (χ0v) is 13.5. The lowest BCUT2D eigenvalue weighted by atomic mass is 10.1. The smallest absolute Gasteiger partial charge is 0.238 e. The largest absolute Gasteiger partial charge is 0.273 e. The van der Waals surface area contributed by atoms with Crippen molar-refractivity contribution in [2.24, 2.45) is 0 Å². The number of hydrazine groups is 1. The summed E-state index contributed by atoms with van der Waals surface area (Å²) in [6.45, 7) is 0. The molecule has 2 rings (SSSR count). The fourth-order valence-electron chi connectivity index (χ4n) is 2.12. The second-order valence-corrected chi connectivity index (χ2v) is 5.58. The Balaban J connectivity index is 1.66. The summed E-state index contributed by atoms with van der Waals surface area (Å²) in [6, 6.07) is 17.1. The molecule has 0 radical (unpaired) electrons. The summed E-state index contributed by atoms with van der Waals surface area (Å²) in [5, 5.41) is 0.646. The second-order valence-electron chi connectivity index (χ2n) is 5.17. The molecule has 2 N–H and O–H groups in total. The van der Waals surface area contributed by atoms with Gasteiger partial charge in [0.25, 0.3) is 0 Å². The van der Waals surface area contributed by atoms with Crippen molar-refractivity contribution in [1.29, 1.82) is 0 Å². The summed E-state index contributed by atoms with van der Waals surface area (Å²) in [4.78, 5) is 23.4. The standard InChI is InChI=1S/C18H19ClN2O2/c19-16-9-5-4-8-15(16)11-13-18(23)21-20-17(22)12-10-14-6-2-1-3-7-14/h1-9H,10-13H2,(H,20,22)(H,21,23). The van der Waals surface area contributed by atoms with Crippen LogP contribution >= 0.6 is 11.6 Å². The lowest BCUT2D eigenvalue weighted by Crippen LogP contribution is -2.41. The van der Waals surface area contributed by atoms with E-state index in [4.69, 9.17) is 11.6 Å². The van der Waals surface area contributed by atoms with E-state index in [-0.39, 0.29) is 18.2 Å². The fourth-order valence-corrected chi connectivity index (χ4v) is 2.35. The molecule has 0 aliphatic carbocycles. The van der Waals surface area contributed by atoms with Crippen LogP contribution in [0.4, 0.5) is 0 Å². The SMILES string of the molecule is O=C(CCc1ccccc1)NNC(=O)CCc1ccccc1Cl. The number of carbonyl (C=O) groups is 2. The van der Waals surface area contributed by atoms with Gasteiger partial charge in [-0.15, -0.1) is 0 Å². The molecule has 0 aliphatic heterocycles. The molecule has 0 saturated heterocycles. The average Bonchev–Trinajstić information content (AvgIpc) is 2.58. The minimum atomic E-state index is -0.238. The van der Waals surface area contributed by atoms with E-state index in [1.807, 2.05) is 48.5 Å². The highest BCUT2D eigenvalue weighted by molar-refractivity contribution is 6.31. The summed E-state index contributed by atoms with van der Waals surface area (Å²) >= 11 is 6.03. The van der Waals surface area contributed by atoms with Gasteiger partial charge in [-0.2, -0.15) is 0 Å². The Morgan fingerprint density at radius 1 is 0.783 bits per heavy atom. The van der Waals surface area contributed by atoms with Crippen LogP contribution in [0.2, 0.25) is 5.02 Å². The van der Waals surface area contributed by atoms with Crippen LogP contribution in [0.15, 0.2) is 54.6 Å². The Labute approximate surface area is 140 Å². The Hall–Kier alpha value is -2.33. The molecule has 23 heavy (non-hydrogen) atoms. The van der Waals surface area contributed by atoms with Crippen molar-refractivity contribution in [3.8, 4) is 0 Å². The maximum atomic E-state index is 11.7. The molecule has 2 amide bonds. The van der Waals surface area contributed by atoms with Crippen molar-refractivity contribution in [2.75, 3.05) is 0 Å². The van der Waals surface area contributed by atoms with Crippen molar-refractivity contribution < 1.29 is 9.59 Å². The van der Waals surface area contributed by atoms with Crippen LogP contribution in [0.5, 0.6) is 0 Å². The summed E-state index contributed by atoms with van der Waals surface area (Å²) < 4.78 is 0. The first-order valence-corrected chi connectivity index (χ1v) is 7.88. The Kier molecular flexibility index (Phi) is 6.63. The van der Waals surface area contributed by atoms with Gasteiger partial charge in [0, 0.05) is 17.9 Å². The van der Waals surface area contributed by atoms with Gasteiger partial charge >= 0.3 is 0 Å². The quantitative estimate of drug-likeness (QED) is 0.800. The van der Waals surface area contributed by atoms with Crippen molar-refractivity contribution in [3.63, 3.8) is 0 Å². The van der Waals surface area contributed by atoms with Crippen LogP contribution in [0.3, 0.4) is 0 Å². The molecular formula is C18H19ClN2O2. The molecule has 0 fully saturated rings. The van der Waals surface area contributed by atoms with E-state index >= 15 is 0 Å². The summed E-state index contributed by atoms with van der Waals surface area (Å²) in [7, 11) is 0. The molecule has 120 valence electrons. The van der Waals surface area contributed by atoms with Crippen molar-refractivity contribution in [1.82, 2.24) is 10.9 Å². The van der Waals surface area contributed by atoms with Gasteiger partial charge in [0.2, 0.25) is 11.8 Å². The van der Waals surface area contributed by atoms with Crippen LogP contribution in [0.1, 0.15) is 24.0 Å². The molecule has 0 bridgehead atoms. The predicted octanol–water partition coefficient (Wildman–Crippen LogP) is 3.05. The Morgan fingerprint density at radius 3 is 2.00 bits per heavy atom. The Morgan fingerprint density at radius 2 is 1.35 bits per heavy atom. The predicted molar refractivity (Wildman–Crippen MR) is 90.8 cm³/mol. The third kappa shape index (κ3) is 6.12. The van der Waals surface area contributed by atoms with E-state index in [1.165, 1.54) is 0 Å². The zero-order chi connectivity index (χ0) is 16.5. The van der Waals surface area contributed by atoms with Crippen LogP contribution < -0.4 is 10.9 Å². The van der Waals surface area contributed by atoms with Gasteiger partial charge in [-0.1, -0.05) is 60.1 Å². The minimum absolute atomic E-state index is 0.208. The van der Waals surface area contributed by atoms with Crippen molar-refractivity contribution >= 4 is 23.4 Å². The summed E-state index contributed by atoms with van der Waals surface area (Å²) in [5.74, 6) is -0.446. The van der Waals surface area contributed by atoms with Gasteiger partial charge in [0.15, 0.2) is 0 Å². The number of amides is 2. The topological polar surface area (TPSA) is 58.2 Å².